The third-order valence-electron chi connectivity index (χ3n) is 1.39. The molecule has 0 atom stereocenters. The highest BCUT2D eigenvalue weighted by Gasteiger charge is 1.97. The highest BCUT2D eigenvalue weighted by molar-refractivity contribution is 7.80. The van der Waals surface area contributed by atoms with Gasteiger partial charge in [0.15, 0.2) is 0 Å². The van der Waals surface area contributed by atoms with Crippen molar-refractivity contribution in [1.82, 2.24) is 9.99 Å². The van der Waals surface area contributed by atoms with Crippen LogP contribution in [0.5, 0.6) is 0 Å². The van der Waals surface area contributed by atoms with Crippen molar-refractivity contribution in [2.45, 2.75) is 0 Å². The monoisotopic (exact) mass is 196 g/mol. The minimum atomic E-state index is 0.365. The Hall–Kier alpha value is -1.20. The van der Waals surface area contributed by atoms with Crippen molar-refractivity contribution in [3.63, 3.8) is 0 Å². The summed E-state index contributed by atoms with van der Waals surface area (Å²) < 4.78 is 0. The van der Waals surface area contributed by atoms with Crippen LogP contribution in [0.1, 0.15) is 5.56 Å². The van der Waals surface area contributed by atoms with Gasteiger partial charge in [-0.05, 0) is 12.1 Å². The molecule has 0 saturated heterocycles. The molecule has 3 N–H and O–H groups in total. The van der Waals surface area contributed by atoms with Gasteiger partial charge in [-0.2, -0.15) is 0 Å². The quantitative estimate of drug-likeness (QED) is 0.548. The average Bonchev–Trinajstić information content (AvgIpc) is 2.04. The fourth-order valence-corrected chi connectivity index (χ4v) is 0.956. The molecule has 0 aromatic carbocycles. The highest BCUT2D eigenvalue weighted by atomic mass is 32.1. The number of pyridine rings is 1. The minimum Gasteiger partial charge on any atom is -0.389 e. The van der Waals surface area contributed by atoms with Crippen LogP contribution in [0.4, 0.5) is 5.82 Å². The van der Waals surface area contributed by atoms with Crippen molar-refractivity contribution in [2.24, 2.45) is 5.73 Å². The molecule has 0 bridgehead atoms. The first-order valence-corrected chi connectivity index (χ1v) is 4.20. The molecule has 1 aromatic rings. The van der Waals surface area contributed by atoms with Gasteiger partial charge in [-0.1, -0.05) is 12.2 Å². The number of nitrogens with zero attached hydrogens (tertiary/aromatic N) is 2. The predicted molar refractivity (Wildman–Crippen MR) is 57.4 cm³/mol. The Morgan fingerprint density at radius 1 is 1.54 bits per heavy atom. The van der Waals surface area contributed by atoms with Gasteiger partial charge in [0.2, 0.25) is 0 Å². The number of anilines is 1. The highest BCUT2D eigenvalue weighted by Crippen LogP contribution is 2.04. The molecule has 0 aliphatic rings. The van der Waals surface area contributed by atoms with Gasteiger partial charge in [-0.3, -0.25) is 0 Å². The summed E-state index contributed by atoms with van der Waals surface area (Å²) in [6.07, 6.45) is 1.65. The van der Waals surface area contributed by atoms with Crippen LogP contribution in [0, 0.1) is 0 Å². The molecule has 1 aromatic heterocycles. The van der Waals surface area contributed by atoms with Crippen molar-refractivity contribution < 1.29 is 0 Å². The van der Waals surface area contributed by atoms with Crippen LogP contribution in [-0.2, 0) is 0 Å². The van der Waals surface area contributed by atoms with E-state index < -0.39 is 0 Å². The third-order valence-corrected chi connectivity index (χ3v) is 1.62. The summed E-state index contributed by atoms with van der Waals surface area (Å²) in [5.74, 6) is 0.769. The number of rotatable bonds is 3. The van der Waals surface area contributed by atoms with Gasteiger partial charge in [-0.15, -0.1) is 0 Å². The van der Waals surface area contributed by atoms with E-state index in [1.54, 1.807) is 6.20 Å². The maximum absolute atomic E-state index is 5.43. The van der Waals surface area contributed by atoms with E-state index >= 15 is 0 Å². The molecule has 0 aliphatic carbocycles. The lowest BCUT2D eigenvalue weighted by atomic mass is 10.3. The normalized spacial score (nSPS) is 10.1. The van der Waals surface area contributed by atoms with Crippen LogP contribution < -0.4 is 11.2 Å². The van der Waals surface area contributed by atoms with E-state index in [0.29, 0.717) is 4.99 Å². The Labute approximate surface area is 82.7 Å². The molecular weight excluding hydrogens is 184 g/mol. The Morgan fingerprint density at radius 3 is 2.62 bits per heavy atom. The first kappa shape index (κ1) is 9.88. The fraction of sp³-hybridized carbons (Fsp3) is 0.250. The lowest BCUT2D eigenvalue weighted by molar-refractivity contribution is 0.492. The first-order valence-electron chi connectivity index (χ1n) is 3.79. The van der Waals surface area contributed by atoms with E-state index in [0.717, 1.165) is 11.4 Å². The molecule has 70 valence electrons. The molecule has 0 unspecified atom stereocenters. The maximum Gasteiger partial charge on any atom is 0.140 e. The van der Waals surface area contributed by atoms with Crippen molar-refractivity contribution >= 4 is 23.0 Å². The number of hydrazine groups is 1. The van der Waals surface area contributed by atoms with E-state index in [1.165, 1.54) is 0 Å². The maximum atomic E-state index is 5.43. The minimum absolute atomic E-state index is 0.365. The zero-order valence-electron chi connectivity index (χ0n) is 7.61. The van der Waals surface area contributed by atoms with Crippen molar-refractivity contribution in [1.29, 1.82) is 0 Å². The van der Waals surface area contributed by atoms with Gasteiger partial charge >= 0.3 is 0 Å². The third kappa shape index (κ3) is 2.96. The van der Waals surface area contributed by atoms with Crippen LogP contribution >= 0.6 is 12.2 Å². The zero-order chi connectivity index (χ0) is 9.84. The first-order chi connectivity index (χ1) is 6.09. The second-order valence-corrected chi connectivity index (χ2v) is 3.24. The molecule has 0 spiro atoms. The lowest BCUT2D eigenvalue weighted by Gasteiger charge is -2.12. The molecule has 1 heterocycles. The van der Waals surface area contributed by atoms with Crippen molar-refractivity contribution in [3.8, 4) is 0 Å². The van der Waals surface area contributed by atoms with Crippen molar-refractivity contribution in [2.75, 3.05) is 19.5 Å². The van der Waals surface area contributed by atoms with E-state index in [2.05, 4.69) is 10.4 Å². The second kappa shape index (κ2) is 4.15. The Morgan fingerprint density at radius 2 is 2.23 bits per heavy atom. The standard InChI is InChI=1S/C8H12N4S/c1-12(2)11-7-4-3-6(5-10-7)8(9)13/h3-5H,1-2H3,(H2,9,13)(H,10,11). The smallest absolute Gasteiger partial charge is 0.140 e. The summed E-state index contributed by atoms with van der Waals surface area (Å²) in [4.78, 5) is 4.48. The largest absolute Gasteiger partial charge is 0.389 e. The van der Waals surface area contributed by atoms with Crippen LogP contribution in [0.2, 0.25) is 0 Å². The number of nitrogens with one attached hydrogen (secondary N) is 1. The molecule has 1 rings (SSSR count). The fourth-order valence-electron chi connectivity index (χ4n) is 0.835. The van der Waals surface area contributed by atoms with Crippen LogP contribution in [0.3, 0.4) is 0 Å². The molecule has 0 aliphatic heterocycles. The molecule has 0 radical (unpaired) electrons. The average molecular weight is 196 g/mol. The molecule has 4 nitrogen and oxygen atoms in total. The lowest BCUT2D eigenvalue weighted by Crippen LogP contribution is -2.20. The van der Waals surface area contributed by atoms with E-state index in [4.69, 9.17) is 18.0 Å². The van der Waals surface area contributed by atoms with Crippen molar-refractivity contribution in [3.05, 3.63) is 23.9 Å². The van der Waals surface area contributed by atoms with Gasteiger partial charge in [0, 0.05) is 25.9 Å². The predicted octanol–water partition coefficient (Wildman–Crippen LogP) is 0.604. The number of hydrogen-bond donors (Lipinski definition) is 2. The summed E-state index contributed by atoms with van der Waals surface area (Å²) in [5, 5.41) is 1.81. The topological polar surface area (TPSA) is 54.2 Å². The van der Waals surface area contributed by atoms with Gasteiger partial charge in [0.1, 0.15) is 10.8 Å². The van der Waals surface area contributed by atoms with Gasteiger partial charge < -0.3 is 11.2 Å². The van der Waals surface area contributed by atoms with E-state index in [-0.39, 0.29) is 0 Å². The molecule has 0 amide bonds. The van der Waals surface area contributed by atoms with Gasteiger partial charge in [0.05, 0.1) is 0 Å². The summed E-state index contributed by atoms with van der Waals surface area (Å²) in [5.41, 5.74) is 9.21. The van der Waals surface area contributed by atoms with E-state index in [9.17, 15) is 0 Å². The summed E-state index contributed by atoms with van der Waals surface area (Å²) >= 11 is 4.80. The van der Waals surface area contributed by atoms with E-state index in [1.807, 2.05) is 31.2 Å². The second-order valence-electron chi connectivity index (χ2n) is 2.80. The molecule has 5 heteroatoms. The Bertz CT molecular complexity index is 294. The van der Waals surface area contributed by atoms with Gasteiger partial charge in [0.25, 0.3) is 0 Å². The number of nitrogens with two attached hydrogens (primary N) is 1. The molecule has 0 saturated carbocycles. The van der Waals surface area contributed by atoms with Crippen LogP contribution in [0.15, 0.2) is 18.3 Å². The molecule has 0 fully saturated rings. The number of hydrogen-bond acceptors (Lipinski definition) is 4. The molecule has 13 heavy (non-hydrogen) atoms. The summed E-state index contributed by atoms with van der Waals surface area (Å²) in [6.45, 7) is 0. The zero-order valence-corrected chi connectivity index (χ0v) is 8.43. The SMILES string of the molecule is CN(C)Nc1ccc(C(N)=S)cn1. The van der Waals surface area contributed by atoms with Gasteiger partial charge in [-0.25, -0.2) is 9.99 Å². The summed E-state index contributed by atoms with van der Waals surface area (Å²) in [6, 6.07) is 3.66. The van der Waals surface area contributed by atoms with Crippen LogP contribution in [-0.4, -0.2) is 29.1 Å². The Balaban J connectivity index is 2.75. The number of thiocarbonyl (C=S) groups is 1. The number of aromatic nitrogens is 1. The molecular formula is C8H12N4S. The Kier molecular flexibility index (Phi) is 3.16. The summed E-state index contributed by atoms with van der Waals surface area (Å²) in [7, 11) is 3.78. The van der Waals surface area contributed by atoms with Crippen LogP contribution in [0.25, 0.3) is 0 Å².